The molecule has 7 heteroatoms. The number of rotatable bonds is 9. The van der Waals surface area contributed by atoms with Gasteiger partial charge in [0.05, 0.1) is 25.3 Å². The zero-order valence-corrected chi connectivity index (χ0v) is 23.1. The molecule has 0 unspecified atom stereocenters. The fourth-order valence-electron chi connectivity index (χ4n) is 3.83. The number of hydrogen-bond acceptors (Lipinski definition) is 6. The number of ketones is 2. The number of methoxy groups -OCH3 is 2. The van der Waals surface area contributed by atoms with Crippen molar-refractivity contribution in [2.24, 2.45) is 10.8 Å². The molecular formula is C28H40N2NiO4. The summed E-state index contributed by atoms with van der Waals surface area (Å²) in [6.45, 7) is 12.9. The summed E-state index contributed by atoms with van der Waals surface area (Å²) in [6.07, 6.45) is 14.7. The van der Waals surface area contributed by atoms with E-state index in [-0.39, 0.29) is 51.0 Å². The molecule has 2 rings (SSSR count). The largest absolute Gasteiger partial charge is 0.383 e. The Bertz CT molecular complexity index is 878. The normalized spacial score (nSPS) is 20.3. The van der Waals surface area contributed by atoms with Gasteiger partial charge in [0.1, 0.15) is 0 Å². The van der Waals surface area contributed by atoms with Gasteiger partial charge in [0, 0.05) is 65.4 Å². The monoisotopic (exact) mass is 526 g/mol. The predicted octanol–water partition coefficient (Wildman–Crippen LogP) is 4.18. The van der Waals surface area contributed by atoms with Crippen molar-refractivity contribution in [2.75, 3.05) is 27.4 Å². The Morgan fingerprint density at radius 1 is 0.743 bits per heavy atom. The van der Waals surface area contributed by atoms with Crippen LogP contribution in [0.25, 0.3) is 0 Å². The van der Waals surface area contributed by atoms with E-state index in [9.17, 15) is 9.59 Å². The number of allylic oxidation sites excluding steroid dienone is 10. The van der Waals surface area contributed by atoms with Crippen LogP contribution in [0, 0.1) is 10.8 Å². The summed E-state index contributed by atoms with van der Waals surface area (Å²) in [6, 6.07) is -0.417. The summed E-state index contributed by atoms with van der Waals surface area (Å²) >= 11 is 0. The Kier molecular flexibility index (Phi) is 11.6. The Hall–Kier alpha value is -2.21. The van der Waals surface area contributed by atoms with Gasteiger partial charge in [0.2, 0.25) is 0 Å². The Labute approximate surface area is 220 Å². The van der Waals surface area contributed by atoms with Gasteiger partial charge in [0.15, 0.2) is 11.6 Å². The van der Waals surface area contributed by atoms with Crippen molar-refractivity contribution < 1.29 is 35.6 Å². The van der Waals surface area contributed by atoms with Crippen LogP contribution in [0.5, 0.6) is 0 Å². The first-order valence-electron chi connectivity index (χ1n) is 11.7. The third kappa shape index (κ3) is 8.45. The second kappa shape index (κ2) is 13.2. The molecule has 0 saturated carbocycles. The van der Waals surface area contributed by atoms with E-state index in [1.165, 1.54) is 0 Å². The SMILES string of the molecule is COC[C@@H](N/C=C1/C=CC=C(C(C)(C)C)C1=O)[C@@H](COC)N/C=C1/C=CC=C(C(C)(C)C)C1=O.[Ni]. The average Bonchev–Trinajstić information content (AvgIpc) is 2.74. The van der Waals surface area contributed by atoms with Gasteiger partial charge in [-0.05, 0) is 23.0 Å². The maximum absolute atomic E-state index is 13.0. The van der Waals surface area contributed by atoms with Crippen LogP contribution in [-0.2, 0) is 35.6 Å². The van der Waals surface area contributed by atoms with Gasteiger partial charge in [0.25, 0.3) is 0 Å². The topological polar surface area (TPSA) is 76.7 Å². The number of nitrogens with one attached hydrogen (secondary N) is 2. The van der Waals surface area contributed by atoms with Gasteiger partial charge in [-0.15, -0.1) is 0 Å². The number of Topliss-reactive ketones (excluding diaryl/α,β-unsaturated/α-hetero) is 2. The number of ether oxygens (including phenoxy) is 2. The molecule has 2 aliphatic rings. The maximum Gasteiger partial charge on any atom is 0.190 e. The molecule has 0 bridgehead atoms. The van der Waals surface area contributed by atoms with Gasteiger partial charge in [-0.1, -0.05) is 65.8 Å². The quantitative estimate of drug-likeness (QED) is 0.346. The van der Waals surface area contributed by atoms with E-state index in [1.54, 1.807) is 38.8 Å². The van der Waals surface area contributed by atoms with Gasteiger partial charge in [-0.25, -0.2) is 0 Å². The minimum Gasteiger partial charge on any atom is -0.383 e. The third-order valence-electron chi connectivity index (χ3n) is 5.79. The van der Waals surface area contributed by atoms with Gasteiger partial charge >= 0.3 is 0 Å². The van der Waals surface area contributed by atoms with E-state index in [1.807, 2.05) is 65.8 Å². The molecule has 0 fully saturated rings. The molecule has 0 aromatic carbocycles. The van der Waals surface area contributed by atoms with Crippen LogP contribution in [0.4, 0.5) is 0 Å². The molecule has 0 spiro atoms. The molecule has 2 N–H and O–H groups in total. The fraction of sp³-hybridized carbons (Fsp3) is 0.500. The van der Waals surface area contributed by atoms with Crippen LogP contribution >= 0.6 is 0 Å². The second-order valence-electron chi connectivity index (χ2n) is 10.7. The molecule has 0 saturated heterocycles. The van der Waals surface area contributed by atoms with Crippen molar-refractivity contribution in [1.29, 1.82) is 0 Å². The number of carbonyl (C=O) groups is 2. The maximum atomic E-state index is 13.0. The molecule has 0 radical (unpaired) electrons. The minimum absolute atomic E-state index is 0. The summed E-state index contributed by atoms with van der Waals surface area (Å²) in [5.41, 5.74) is 2.25. The summed E-state index contributed by atoms with van der Waals surface area (Å²) in [5, 5.41) is 6.67. The van der Waals surface area contributed by atoms with Crippen LogP contribution < -0.4 is 10.6 Å². The molecule has 0 aromatic rings. The molecule has 0 heterocycles. The molecule has 2 atom stereocenters. The Morgan fingerprint density at radius 2 is 1.09 bits per heavy atom. The molecule has 35 heavy (non-hydrogen) atoms. The van der Waals surface area contributed by atoms with Gasteiger partial charge in [-0.2, -0.15) is 0 Å². The molecule has 0 aliphatic heterocycles. The predicted molar refractivity (Wildman–Crippen MR) is 137 cm³/mol. The molecule has 0 amide bonds. The Morgan fingerprint density at radius 3 is 1.37 bits per heavy atom. The van der Waals surface area contributed by atoms with E-state index in [0.29, 0.717) is 24.4 Å². The molecule has 196 valence electrons. The van der Waals surface area contributed by atoms with Gasteiger partial charge < -0.3 is 20.1 Å². The summed E-state index contributed by atoms with van der Waals surface area (Å²) in [4.78, 5) is 25.9. The zero-order valence-electron chi connectivity index (χ0n) is 22.1. The van der Waals surface area contributed by atoms with Crippen molar-refractivity contribution >= 4 is 11.6 Å². The van der Waals surface area contributed by atoms with E-state index in [0.717, 1.165) is 11.1 Å². The first kappa shape index (κ1) is 30.8. The average molecular weight is 527 g/mol. The first-order valence-corrected chi connectivity index (χ1v) is 11.7. The molecule has 0 aromatic heterocycles. The fourth-order valence-corrected chi connectivity index (χ4v) is 3.83. The van der Waals surface area contributed by atoms with E-state index < -0.39 is 0 Å². The second-order valence-corrected chi connectivity index (χ2v) is 10.7. The van der Waals surface area contributed by atoms with Crippen molar-refractivity contribution in [3.8, 4) is 0 Å². The summed E-state index contributed by atoms with van der Waals surface area (Å²) in [7, 11) is 3.26. The first-order chi connectivity index (χ1) is 15.9. The van der Waals surface area contributed by atoms with E-state index in [4.69, 9.17) is 9.47 Å². The standard InChI is InChI=1S/C28H40N2O4.Ni/c1-27(2,3)21-13-9-11-19(25(21)31)15-29-23(17-33-7)24(18-34-8)30-16-20-12-10-14-22(26(20)32)28(4,5)6;/h9-16,23-24,29-30H,17-18H2,1-8H3;/b19-15-,20-16-;/t23-,24-;/m1./s1. The van der Waals surface area contributed by atoms with Gasteiger partial charge in [-0.3, -0.25) is 9.59 Å². The summed E-state index contributed by atoms with van der Waals surface area (Å²) in [5.74, 6) is 0.0212. The van der Waals surface area contributed by atoms with Crippen LogP contribution in [0.3, 0.4) is 0 Å². The molecule has 6 nitrogen and oxygen atoms in total. The van der Waals surface area contributed by atoms with Crippen molar-refractivity contribution in [1.82, 2.24) is 10.6 Å². The minimum atomic E-state index is -0.237. The van der Waals surface area contributed by atoms with E-state index in [2.05, 4.69) is 10.6 Å². The smallest absolute Gasteiger partial charge is 0.190 e. The van der Waals surface area contributed by atoms with Crippen molar-refractivity contribution in [3.05, 3.63) is 71.1 Å². The number of carbonyl (C=O) groups excluding carboxylic acids is 2. The van der Waals surface area contributed by atoms with Crippen LogP contribution in [0.15, 0.2) is 71.1 Å². The van der Waals surface area contributed by atoms with Crippen LogP contribution in [0.2, 0.25) is 0 Å². The van der Waals surface area contributed by atoms with Crippen molar-refractivity contribution in [2.45, 2.75) is 53.6 Å². The number of hydrogen-bond donors (Lipinski definition) is 2. The third-order valence-corrected chi connectivity index (χ3v) is 5.79. The van der Waals surface area contributed by atoms with Crippen LogP contribution in [-0.4, -0.2) is 51.1 Å². The zero-order chi connectivity index (χ0) is 25.5. The van der Waals surface area contributed by atoms with Crippen molar-refractivity contribution in [3.63, 3.8) is 0 Å². The molecule has 2 aliphatic carbocycles. The summed E-state index contributed by atoms with van der Waals surface area (Å²) < 4.78 is 10.9. The van der Waals surface area contributed by atoms with Crippen LogP contribution in [0.1, 0.15) is 41.5 Å². The van der Waals surface area contributed by atoms with E-state index >= 15 is 0 Å². The Balaban J connectivity index is 0.00000612. The molecular weight excluding hydrogens is 487 g/mol.